The first-order valence-corrected chi connectivity index (χ1v) is 3.75. The molecule has 1 aromatic rings. The van der Waals surface area contributed by atoms with Gasteiger partial charge in [0, 0.05) is 4.90 Å². The average Bonchev–Trinajstić information content (AvgIpc) is 1.93. The molecule has 0 aromatic heterocycles. The monoisotopic (exact) mass is 151 g/mol. The topological polar surface area (TPSA) is 0 Å². The molecule has 0 bridgehead atoms. The zero-order valence-corrected chi connectivity index (χ0v) is 7.42. The van der Waals surface area contributed by atoms with Crippen molar-refractivity contribution in [1.82, 2.24) is 0 Å². The summed E-state index contributed by atoms with van der Waals surface area (Å²) >= 11 is 4.26. The lowest BCUT2D eigenvalue weighted by Gasteiger charge is -2.04. The molecule has 0 fully saturated rings. The van der Waals surface area contributed by atoms with Gasteiger partial charge in [-0.15, -0.1) is 12.6 Å². The summed E-state index contributed by atoms with van der Waals surface area (Å²) in [5.74, 6) is 0. The standard InChI is InChI=1S/C9H11S/c1-6-4-5-9(10)8(3)7(6)2/h4,10H,1-3H3. The summed E-state index contributed by atoms with van der Waals surface area (Å²) in [5.41, 5.74) is 3.85. The van der Waals surface area contributed by atoms with Crippen molar-refractivity contribution >= 4 is 12.6 Å². The van der Waals surface area contributed by atoms with Crippen molar-refractivity contribution < 1.29 is 0 Å². The Morgan fingerprint density at radius 3 is 2.30 bits per heavy atom. The molecule has 0 saturated heterocycles. The van der Waals surface area contributed by atoms with E-state index in [-0.39, 0.29) is 0 Å². The molecule has 53 valence electrons. The Balaban J connectivity index is 3.34. The normalized spacial score (nSPS) is 10.0. The molecular formula is C9H11S. The Labute approximate surface area is 67.7 Å². The van der Waals surface area contributed by atoms with Crippen molar-refractivity contribution in [2.75, 3.05) is 0 Å². The van der Waals surface area contributed by atoms with Crippen molar-refractivity contribution in [3.8, 4) is 0 Å². The average molecular weight is 151 g/mol. The van der Waals surface area contributed by atoms with Crippen LogP contribution in [0.4, 0.5) is 0 Å². The second-order valence-electron chi connectivity index (χ2n) is 2.57. The van der Waals surface area contributed by atoms with Gasteiger partial charge in [0.1, 0.15) is 0 Å². The number of thiol groups is 1. The second kappa shape index (κ2) is 2.67. The molecule has 0 spiro atoms. The van der Waals surface area contributed by atoms with E-state index in [9.17, 15) is 0 Å². The van der Waals surface area contributed by atoms with Crippen LogP contribution in [0.15, 0.2) is 11.0 Å². The minimum Gasteiger partial charge on any atom is -0.143 e. The van der Waals surface area contributed by atoms with Crippen LogP contribution in [-0.2, 0) is 0 Å². The molecule has 0 aliphatic carbocycles. The Bertz CT molecular complexity index is 224. The molecule has 0 amide bonds. The maximum absolute atomic E-state index is 4.26. The van der Waals surface area contributed by atoms with Gasteiger partial charge in [0.2, 0.25) is 0 Å². The SMILES string of the molecule is Cc1c[c]c(S)c(C)c1C. The Hall–Kier alpha value is -0.430. The van der Waals surface area contributed by atoms with Crippen molar-refractivity contribution in [2.24, 2.45) is 0 Å². The number of benzene rings is 1. The Morgan fingerprint density at radius 1 is 1.20 bits per heavy atom. The molecule has 0 saturated carbocycles. The fraction of sp³-hybridized carbons (Fsp3) is 0.333. The molecule has 1 aromatic carbocycles. The molecular weight excluding hydrogens is 140 g/mol. The van der Waals surface area contributed by atoms with E-state index in [0.29, 0.717) is 0 Å². The molecule has 0 unspecified atom stereocenters. The molecule has 0 N–H and O–H groups in total. The van der Waals surface area contributed by atoms with E-state index in [1.54, 1.807) is 0 Å². The van der Waals surface area contributed by atoms with Gasteiger partial charge < -0.3 is 0 Å². The minimum absolute atomic E-state index is 0.961. The summed E-state index contributed by atoms with van der Waals surface area (Å²) in [4.78, 5) is 0.961. The second-order valence-corrected chi connectivity index (χ2v) is 3.02. The van der Waals surface area contributed by atoms with Gasteiger partial charge in [-0.2, -0.15) is 0 Å². The van der Waals surface area contributed by atoms with Crippen LogP contribution in [0.1, 0.15) is 16.7 Å². The third kappa shape index (κ3) is 1.19. The highest BCUT2D eigenvalue weighted by atomic mass is 32.1. The van der Waals surface area contributed by atoms with Crippen LogP contribution >= 0.6 is 12.6 Å². The van der Waals surface area contributed by atoms with Crippen LogP contribution in [0.25, 0.3) is 0 Å². The minimum atomic E-state index is 0.961. The van der Waals surface area contributed by atoms with Gasteiger partial charge >= 0.3 is 0 Å². The van der Waals surface area contributed by atoms with Crippen molar-refractivity contribution in [3.05, 3.63) is 28.8 Å². The number of hydrogen-bond donors (Lipinski definition) is 1. The summed E-state index contributed by atoms with van der Waals surface area (Å²) in [6, 6.07) is 5.05. The zero-order valence-electron chi connectivity index (χ0n) is 6.52. The van der Waals surface area contributed by atoms with Gasteiger partial charge in [0.05, 0.1) is 0 Å². The van der Waals surface area contributed by atoms with Gasteiger partial charge in [-0.1, -0.05) is 0 Å². The van der Waals surface area contributed by atoms with Crippen LogP contribution in [0.3, 0.4) is 0 Å². The van der Waals surface area contributed by atoms with E-state index in [1.165, 1.54) is 16.7 Å². The maximum atomic E-state index is 4.26. The van der Waals surface area contributed by atoms with Crippen LogP contribution in [0.2, 0.25) is 0 Å². The van der Waals surface area contributed by atoms with Gasteiger partial charge in [-0.3, -0.25) is 0 Å². The first-order chi connectivity index (χ1) is 4.63. The first-order valence-electron chi connectivity index (χ1n) is 3.30. The largest absolute Gasteiger partial charge is 0.143 e. The predicted octanol–water partition coefficient (Wildman–Crippen LogP) is 2.70. The van der Waals surface area contributed by atoms with Gasteiger partial charge in [0.15, 0.2) is 0 Å². The third-order valence-corrected chi connectivity index (χ3v) is 2.40. The summed E-state index contributed by atoms with van der Waals surface area (Å²) in [6.45, 7) is 6.27. The smallest absolute Gasteiger partial charge is 0.0151 e. The lowest BCUT2D eigenvalue weighted by molar-refractivity contribution is 1.18. The first kappa shape index (κ1) is 7.67. The highest BCUT2D eigenvalue weighted by Crippen LogP contribution is 2.18. The molecule has 0 atom stereocenters. The van der Waals surface area contributed by atoms with E-state index in [0.717, 1.165) is 4.90 Å². The van der Waals surface area contributed by atoms with Gasteiger partial charge in [0.25, 0.3) is 0 Å². The van der Waals surface area contributed by atoms with Crippen molar-refractivity contribution in [2.45, 2.75) is 25.7 Å². The van der Waals surface area contributed by atoms with E-state index >= 15 is 0 Å². The lowest BCUT2D eigenvalue weighted by atomic mass is 10.1. The predicted molar refractivity (Wildman–Crippen MR) is 46.7 cm³/mol. The molecule has 0 nitrogen and oxygen atoms in total. The van der Waals surface area contributed by atoms with Crippen molar-refractivity contribution in [3.63, 3.8) is 0 Å². The van der Waals surface area contributed by atoms with E-state index in [2.05, 4.69) is 39.5 Å². The number of hydrogen-bond acceptors (Lipinski definition) is 1. The third-order valence-electron chi connectivity index (χ3n) is 1.93. The van der Waals surface area contributed by atoms with Crippen LogP contribution in [0, 0.1) is 26.8 Å². The summed E-state index contributed by atoms with van der Waals surface area (Å²) in [6.07, 6.45) is 0. The quantitative estimate of drug-likeness (QED) is 0.541. The van der Waals surface area contributed by atoms with Gasteiger partial charge in [-0.25, -0.2) is 0 Å². The molecule has 0 aliphatic rings. The molecule has 1 heteroatoms. The fourth-order valence-electron chi connectivity index (χ4n) is 0.866. The van der Waals surface area contributed by atoms with Crippen LogP contribution in [-0.4, -0.2) is 0 Å². The van der Waals surface area contributed by atoms with Gasteiger partial charge in [-0.05, 0) is 49.6 Å². The Kier molecular flexibility index (Phi) is 2.05. The lowest BCUT2D eigenvalue weighted by Crippen LogP contribution is -1.86. The van der Waals surface area contributed by atoms with E-state index in [1.807, 2.05) is 6.07 Å². The van der Waals surface area contributed by atoms with E-state index < -0.39 is 0 Å². The Morgan fingerprint density at radius 2 is 1.80 bits per heavy atom. The molecule has 0 heterocycles. The number of rotatable bonds is 0. The van der Waals surface area contributed by atoms with Crippen LogP contribution in [0.5, 0.6) is 0 Å². The van der Waals surface area contributed by atoms with Crippen LogP contribution < -0.4 is 0 Å². The van der Waals surface area contributed by atoms with Crippen molar-refractivity contribution in [1.29, 1.82) is 0 Å². The summed E-state index contributed by atoms with van der Waals surface area (Å²) in [7, 11) is 0. The molecule has 1 radical (unpaired) electrons. The maximum Gasteiger partial charge on any atom is 0.0151 e. The number of aryl methyl sites for hydroxylation is 1. The molecule has 1 rings (SSSR count). The summed E-state index contributed by atoms with van der Waals surface area (Å²) < 4.78 is 0. The van der Waals surface area contributed by atoms with E-state index in [4.69, 9.17) is 0 Å². The highest BCUT2D eigenvalue weighted by Gasteiger charge is 1.98. The fourth-order valence-corrected chi connectivity index (χ4v) is 1.10. The molecule has 10 heavy (non-hydrogen) atoms. The summed E-state index contributed by atoms with van der Waals surface area (Å²) in [5, 5.41) is 0. The zero-order chi connectivity index (χ0) is 7.72. The highest BCUT2D eigenvalue weighted by molar-refractivity contribution is 7.80. The molecule has 0 aliphatic heterocycles.